The molecule has 1 atom stereocenters. The van der Waals surface area contributed by atoms with E-state index in [-0.39, 0.29) is 24.9 Å². The summed E-state index contributed by atoms with van der Waals surface area (Å²) >= 11 is 0. The Kier molecular flexibility index (Phi) is 8.26. The van der Waals surface area contributed by atoms with Crippen LogP contribution in [0.2, 0.25) is 0 Å². The van der Waals surface area contributed by atoms with Crippen LogP contribution in [0, 0.1) is 11.8 Å². The van der Waals surface area contributed by atoms with Gasteiger partial charge in [-0.25, -0.2) is 13.1 Å². The normalized spacial score (nSPS) is 13.0. The minimum atomic E-state index is -3.37. The topological polar surface area (TPSA) is 72.5 Å². The lowest BCUT2D eigenvalue weighted by molar-refractivity contribution is -0.147. The van der Waals surface area contributed by atoms with Crippen LogP contribution in [0.4, 0.5) is 0 Å². The summed E-state index contributed by atoms with van der Waals surface area (Å²) in [6.45, 7) is 6.04. The lowest BCUT2D eigenvalue weighted by Gasteiger charge is -2.17. The Hall–Kier alpha value is -1.40. The van der Waals surface area contributed by atoms with Crippen molar-refractivity contribution in [2.24, 2.45) is 11.8 Å². The van der Waals surface area contributed by atoms with Gasteiger partial charge in [0.1, 0.15) is 0 Å². The van der Waals surface area contributed by atoms with Crippen LogP contribution in [-0.2, 0) is 26.0 Å². The summed E-state index contributed by atoms with van der Waals surface area (Å²) in [6.07, 6.45) is 1.05. The van der Waals surface area contributed by atoms with E-state index in [0.29, 0.717) is 18.8 Å². The molecule has 0 aliphatic rings. The summed E-state index contributed by atoms with van der Waals surface area (Å²) in [6, 6.07) is 9.52. The molecule has 1 N–H and O–H groups in total. The largest absolute Gasteiger partial charge is 0.466 e. The Morgan fingerprint density at radius 1 is 1.22 bits per heavy atom. The molecular formula is C17H27NO4S. The molecule has 1 aromatic rings. The molecule has 1 aromatic carbocycles. The van der Waals surface area contributed by atoms with E-state index in [1.165, 1.54) is 0 Å². The number of sulfonamides is 1. The molecule has 1 rings (SSSR count). The van der Waals surface area contributed by atoms with E-state index in [9.17, 15) is 13.2 Å². The first-order chi connectivity index (χ1) is 10.8. The van der Waals surface area contributed by atoms with Gasteiger partial charge in [0, 0.05) is 6.54 Å². The molecule has 0 heterocycles. The standard InChI is InChI=1S/C17H27NO4S/c1-4-22-17(19)16(12-15-8-6-5-7-9-15)13-18-23(20,21)11-10-14(2)3/h5-9,14,16,18H,4,10-13H2,1-3H3/t16-/m0/s1. The highest BCUT2D eigenvalue weighted by Gasteiger charge is 2.23. The number of benzene rings is 1. The third-order valence-electron chi connectivity index (χ3n) is 3.46. The van der Waals surface area contributed by atoms with Crippen molar-refractivity contribution in [1.29, 1.82) is 0 Å². The third kappa shape index (κ3) is 8.13. The Labute approximate surface area is 139 Å². The molecule has 6 heteroatoms. The number of carbonyl (C=O) groups excluding carboxylic acids is 1. The number of nitrogens with one attached hydrogen (secondary N) is 1. The van der Waals surface area contributed by atoms with E-state index in [1.807, 2.05) is 44.2 Å². The van der Waals surface area contributed by atoms with Crippen LogP contribution in [0.3, 0.4) is 0 Å². The molecule has 0 saturated carbocycles. The highest BCUT2D eigenvalue weighted by atomic mass is 32.2. The summed E-state index contributed by atoms with van der Waals surface area (Å²) in [5, 5.41) is 0. The van der Waals surface area contributed by atoms with Crippen LogP contribution in [0.5, 0.6) is 0 Å². The van der Waals surface area contributed by atoms with Crippen LogP contribution in [0.15, 0.2) is 30.3 Å². The molecule has 0 aliphatic heterocycles. The van der Waals surface area contributed by atoms with Gasteiger partial charge >= 0.3 is 5.97 Å². The molecule has 130 valence electrons. The SMILES string of the molecule is CCOC(=O)[C@H](CNS(=O)(=O)CCC(C)C)Cc1ccccc1. The molecule has 0 radical (unpaired) electrons. The molecule has 0 fully saturated rings. The van der Waals surface area contributed by atoms with Crippen molar-refractivity contribution in [2.45, 2.75) is 33.6 Å². The third-order valence-corrected chi connectivity index (χ3v) is 4.84. The van der Waals surface area contributed by atoms with E-state index in [4.69, 9.17) is 4.74 Å². The number of rotatable bonds is 10. The summed E-state index contributed by atoms with van der Waals surface area (Å²) in [7, 11) is -3.37. The average molecular weight is 341 g/mol. The molecule has 0 aliphatic carbocycles. The maximum Gasteiger partial charge on any atom is 0.310 e. The first-order valence-electron chi connectivity index (χ1n) is 8.02. The monoisotopic (exact) mass is 341 g/mol. The van der Waals surface area contributed by atoms with Gasteiger partial charge in [-0.2, -0.15) is 0 Å². The van der Waals surface area contributed by atoms with Gasteiger partial charge in [-0.3, -0.25) is 4.79 Å². The Bertz CT molecular complexity index is 570. The highest BCUT2D eigenvalue weighted by molar-refractivity contribution is 7.89. The molecule has 23 heavy (non-hydrogen) atoms. The molecule has 0 spiro atoms. The van der Waals surface area contributed by atoms with Gasteiger partial charge in [-0.1, -0.05) is 44.2 Å². The number of hydrogen-bond acceptors (Lipinski definition) is 4. The number of hydrogen-bond donors (Lipinski definition) is 1. The number of carbonyl (C=O) groups is 1. The Morgan fingerprint density at radius 3 is 2.43 bits per heavy atom. The summed E-state index contributed by atoms with van der Waals surface area (Å²) in [5.74, 6) is -0.503. The Balaban J connectivity index is 2.68. The van der Waals surface area contributed by atoms with Gasteiger partial charge in [0.25, 0.3) is 0 Å². The molecular weight excluding hydrogens is 314 g/mol. The van der Waals surface area contributed by atoms with Gasteiger partial charge in [0.15, 0.2) is 0 Å². The fraction of sp³-hybridized carbons (Fsp3) is 0.588. The lowest BCUT2D eigenvalue weighted by Crippen LogP contribution is -2.36. The molecule has 0 bridgehead atoms. The first-order valence-corrected chi connectivity index (χ1v) is 9.67. The highest BCUT2D eigenvalue weighted by Crippen LogP contribution is 2.11. The predicted molar refractivity (Wildman–Crippen MR) is 91.5 cm³/mol. The van der Waals surface area contributed by atoms with Crippen LogP contribution in [0.25, 0.3) is 0 Å². The van der Waals surface area contributed by atoms with Crippen LogP contribution < -0.4 is 4.72 Å². The van der Waals surface area contributed by atoms with Gasteiger partial charge in [-0.15, -0.1) is 0 Å². The predicted octanol–water partition coefficient (Wildman–Crippen LogP) is 2.37. The van der Waals surface area contributed by atoms with E-state index < -0.39 is 15.9 Å². The smallest absolute Gasteiger partial charge is 0.310 e. The fourth-order valence-electron chi connectivity index (χ4n) is 2.09. The van der Waals surface area contributed by atoms with Crippen molar-refractivity contribution in [2.75, 3.05) is 18.9 Å². The second-order valence-corrected chi connectivity index (χ2v) is 7.91. The Morgan fingerprint density at radius 2 is 1.87 bits per heavy atom. The summed E-state index contributed by atoms with van der Waals surface area (Å²) in [4.78, 5) is 12.1. The summed E-state index contributed by atoms with van der Waals surface area (Å²) < 4.78 is 31.6. The van der Waals surface area contributed by atoms with Crippen molar-refractivity contribution in [3.05, 3.63) is 35.9 Å². The first kappa shape index (κ1) is 19.6. The zero-order valence-corrected chi connectivity index (χ0v) is 14.9. The van der Waals surface area contributed by atoms with Gasteiger partial charge in [-0.05, 0) is 31.2 Å². The van der Waals surface area contributed by atoms with Crippen molar-refractivity contribution in [1.82, 2.24) is 4.72 Å². The second kappa shape index (κ2) is 9.67. The van der Waals surface area contributed by atoms with Gasteiger partial charge in [0.05, 0.1) is 18.3 Å². The molecule has 0 aromatic heterocycles. The molecule has 5 nitrogen and oxygen atoms in total. The lowest BCUT2D eigenvalue weighted by atomic mass is 10.00. The van der Waals surface area contributed by atoms with E-state index in [2.05, 4.69) is 4.72 Å². The minimum absolute atomic E-state index is 0.0636. The van der Waals surface area contributed by atoms with Crippen LogP contribution in [0.1, 0.15) is 32.8 Å². The van der Waals surface area contributed by atoms with Crippen molar-refractivity contribution < 1.29 is 17.9 Å². The zero-order valence-electron chi connectivity index (χ0n) is 14.1. The van der Waals surface area contributed by atoms with Crippen molar-refractivity contribution in [3.63, 3.8) is 0 Å². The van der Waals surface area contributed by atoms with Crippen LogP contribution in [-0.4, -0.2) is 33.3 Å². The number of esters is 1. The van der Waals surface area contributed by atoms with Gasteiger partial charge < -0.3 is 4.74 Å². The minimum Gasteiger partial charge on any atom is -0.466 e. The van der Waals surface area contributed by atoms with E-state index >= 15 is 0 Å². The second-order valence-electron chi connectivity index (χ2n) is 5.99. The number of ether oxygens (including phenoxy) is 1. The van der Waals surface area contributed by atoms with E-state index in [1.54, 1.807) is 6.92 Å². The summed E-state index contributed by atoms with van der Waals surface area (Å²) in [5.41, 5.74) is 0.979. The zero-order chi connectivity index (χ0) is 17.3. The average Bonchev–Trinajstić information content (AvgIpc) is 2.51. The molecule has 0 amide bonds. The maximum atomic E-state index is 12.1. The fourth-order valence-corrected chi connectivity index (χ4v) is 3.47. The van der Waals surface area contributed by atoms with Crippen molar-refractivity contribution >= 4 is 16.0 Å². The maximum absolute atomic E-state index is 12.1. The quantitative estimate of drug-likeness (QED) is 0.663. The molecule has 0 saturated heterocycles. The van der Waals surface area contributed by atoms with Gasteiger partial charge in [0.2, 0.25) is 10.0 Å². The van der Waals surface area contributed by atoms with E-state index in [0.717, 1.165) is 5.56 Å². The van der Waals surface area contributed by atoms with Crippen LogP contribution >= 0.6 is 0 Å². The molecule has 0 unspecified atom stereocenters. The van der Waals surface area contributed by atoms with Crippen molar-refractivity contribution in [3.8, 4) is 0 Å².